The van der Waals surface area contributed by atoms with E-state index in [0.29, 0.717) is 5.75 Å². The Morgan fingerprint density at radius 3 is 2.40 bits per heavy atom. The molecule has 0 saturated heterocycles. The maximum Gasteiger partial charge on any atom is 0.262 e. The van der Waals surface area contributed by atoms with Crippen molar-refractivity contribution < 1.29 is 9.53 Å². The summed E-state index contributed by atoms with van der Waals surface area (Å²) in [7, 11) is 0. The maximum atomic E-state index is 11.8. The maximum absolute atomic E-state index is 11.8. The second-order valence-electron chi connectivity index (χ2n) is 4.25. The molecule has 0 saturated carbocycles. The standard InChI is InChI=1S/C15H13Br2NO2/c1-10-8-12(17)4-7-14(10)20-9-15(19)18-13-5-2-11(16)3-6-13/h2-8H,9H2,1H3,(H,18,19). The number of hydrogen-bond acceptors (Lipinski definition) is 2. The number of halogens is 2. The fourth-order valence-corrected chi connectivity index (χ4v) is 2.39. The van der Waals surface area contributed by atoms with Crippen LogP contribution in [-0.4, -0.2) is 12.5 Å². The van der Waals surface area contributed by atoms with Crippen LogP contribution in [0.5, 0.6) is 5.75 Å². The molecule has 1 N–H and O–H groups in total. The van der Waals surface area contributed by atoms with Crippen LogP contribution in [0, 0.1) is 6.92 Å². The van der Waals surface area contributed by atoms with Crippen molar-refractivity contribution in [2.24, 2.45) is 0 Å². The highest BCUT2D eigenvalue weighted by atomic mass is 79.9. The summed E-state index contributed by atoms with van der Waals surface area (Å²) in [5.74, 6) is 0.522. The number of nitrogens with one attached hydrogen (secondary N) is 1. The van der Waals surface area contributed by atoms with Gasteiger partial charge >= 0.3 is 0 Å². The number of rotatable bonds is 4. The normalized spacial score (nSPS) is 10.2. The highest BCUT2D eigenvalue weighted by Gasteiger charge is 2.05. The van der Waals surface area contributed by atoms with Crippen LogP contribution in [0.15, 0.2) is 51.4 Å². The van der Waals surface area contributed by atoms with E-state index in [0.717, 1.165) is 20.2 Å². The first kappa shape index (κ1) is 15.1. The predicted molar refractivity (Wildman–Crippen MR) is 87.1 cm³/mol. The second-order valence-corrected chi connectivity index (χ2v) is 6.08. The molecule has 0 atom stereocenters. The largest absolute Gasteiger partial charge is 0.483 e. The minimum Gasteiger partial charge on any atom is -0.483 e. The van der Waals surface area contributed by atoms with Crippen LogP contribution in [0.2, 0.25) is 0 Å². The van der Waals surface area contributed by atoms with Crippen molar-refractivity contribution in [2.75, 3.05) is 11.9 Å². The number of carbonyl (C=O) groups is 1. The lowest BCUT2D eigenvalue weighted by Crippen LogP contribution is -2.20. The van der Waals surface area contributed by atoms with Crippen LogP contribution in [0.25, 0.3) is 0 Å². The Bertz CT molecular complexity index is 612. The fraction of sp³-hybridized carbons (Fsp3) is 0.133. The zero-order chi connectivity index (χ0) is 14.5. The zero-order valence-electron chi connectivity index (χ0n) is 10.8. The first-order valence-electron chi connectivity index (χ1n) is 5.99. The van der Waals surface area contributed by atoms with Gasteiger partial charge in [-0.25, -0.2) is 0 Å². The van der Waals surface area contributed by atoms with Crippen molar-refractivity contribution >= 4 is 43.5 Å². The van der Waals surface area contributed by atoms with Crippen LogP contribution >= 0.6 is 31.9 Å². The van der Waals surface area contributed by atoms with Gasteiger partial charge in [0.05, 0.1) is 0 Å². The Hall–Kier alpha value is -1.33. The SMILES string of the molecule is Cc1cc(Br)ccc1OCC(=O)Nc1ccc(Br)cc1. The molecule has 3 nitrogen and oxygen atoms in total. The molecule has 0 radical (unpaired) electrons. The van der Waals surface area contributed by atoms with Crippen molar-refractivity contribution in [3.63, 3.8) is 0 Å². The predicted octanol–water partition coefficient (Wildman–Crippen LogP) is 4.54. The van der Waals surface area contributed by atoms with Gasteiger partial charge in [-0.3, -0.25) is 4.79 Å². The molecule has 0 heterocycles. The molecule has 20 heavy (non-hydrogen) atoms. The average Bonchev–Trinajstić information content (AvgIpc) is 2.40. The Morgan fingerprint density at radius 1 is 1.10 bits per heavy atom. The lowest BCUT2D eigenvalue weighted by atomic mass is 10.2. The molecular weight excluding hydrogens is 386 g/mol. The smallest absolute Gasteiger partial charge is 0.262 e. The lowest BCUT2D eigenvalue weighted by molar-refractivity contribution is -0.118. The van der Waals surface area contributed by atoms with Gasteiger partial charge in [0.15, 0.2) is 6.61 Å². The molecule has 1 amide bonds. The number of hydrogen-bond donors (Lipinski definition) is 1. The van der Waals surface area contributed by atoms with Gasteiger partial charge in [0.25, 0.3) is 5.91 Å². The van der Waals surface area contributed by atoms with Crippen molar-refractivity contribution in [3.05, 3.63) is 57.0 Å². The molecular formula is C15H13Br2NO2. The van der Waals surface area contributed by atoms with Crippen LogP contribution in [0.3, 0.4) is 0 Å². The number of aryl methyl sites for hydroxylation is 1. The van der Waals surface area contributed by atoms with Gasteiger partial charge in [0.2, 0.25) is 0 Å². The van der Waals surface area contributed by atoms with E-state index < -0.39 is 0 Å². The molecule has 0 aliphatic carbocycles. The summed E-state index contributed by atoms with van der Waals surface area (Å²) in [6.45, 7) is 1.92. The number of anilines is 1. The minimum atomic E-state index is -0.186. The molecule has 2 aromatic carbocycles. The third-order valence-electron chi connectivity index (χ3n) is 2.62. The van der Waals surface area contributed by atoms with Crippen molar-refractivity contribution in [1.29, 1.82) is 0 Å². The lowest BCUT2D eigenvalue weighted by Gasteiger charge is -2.10. The average molecular weight is 399 g/mol. The molecule has 2 aromatic rings. The number of benzene rings is 2. The van der Waals surface area contributed by atoms with Crippen LogP contribution < -0.4 is 10.1 Å². The van der Waals surface area contributed by atoms with Gasteiger partial charge in [0.1, 0.15) is 5.75 Å². The molecule has 104 valence electrons. The first-order valence-corrected chi connectivity index (χ1v) is 7.57. The van der Waals surface area contributed by atoms with E-state index in [1.54, 1.807) is 0 Å². The number of amides is 1. The first-order chi connectivity index (χ1) is 9.54. The molecule has 5 heteroatoms. The Balaban J connectivity index is 1.90. The van der Waals surface area contributed by atoms with Gasteiger partial charge in [0, 0.05) is 14.6 Å². The van der Waals surface area contributed by atoms with E-state index in [9.17, 15) is 4.79 Å². The second kappa shape index (κ2) is 6.90. The highest BCUT2D eigenvalue weighted by molar-refractivity contribution is 9.10. The topological polar surface area (TPSA) is 38.3 Å². The van der Waals surface area contributed by atoms with E-state index in [4.69, 9.17) is 4.74 Å². The summed E-state index contributed by atoms with van der Waals surface area (Å²) < 4.78 is 7.46. The molecule has 0 fully saturated rings. The van der Waals surface area contributed by atoms with Gasteiger partial charge < -0.3 is 10.1 Å². The summed E-state index contributed by atoms with van der Waals surface area (Å²) in [5, 5.41) is 2.78. The molecule has 0 aliphatic heterocycles. The Labute approximate surface area is 134 Å². The van der Waals surface area contributed by atoms with Gasteiger partial charge in [-0.2, -0.15) is 0 Å². The van der Waals surface area contributed by atoms with Gasteiger partial charge in [-0.15, -0.1) is 0 Å². The van der Waals surface area contributed by atoms with E-state index in [1.807, 2.05) is 49.4 Å². The summed E-state index contributed by atoms with van der Waals surface area (Å²) in [5.41, 5.74) is 1.73. The number of ether oxygens (including phenoxy) is 1. The third-order valence-corrected chi connectivity index (χ3v) is 3.65. The van der Waals surface area contributed by atoms with E-state index in [1.165, 1.54) is 0 Å². The van der Waals surface area contributed by atoms with E-state index in [2.05, 4.69) is 37.2 Å². The zero-order valence-corrected chi connectivity index (χ0v) is 14.0. The van der Waals surface area contributed by atoms with Crippen LogP contribution in [-0.2, 0) is 4.79 Å². The fourth-order valence-electron chi connectivity index (χ4n) is 1.65. The molecule has 0 bridgehead atoms. The summed E-state index contributed by atoms with van der Waals surface area (Å²) in [4.78, 5) is 11.8. The molecule has 2 rings (SSSR count). The summed E-state index contributed by atoms with van der Waals surface area (Å²) in [6, 6.07) is 13.1. The molecule has 0 aliphatic rings. The van der Waals surface area contributed by atoms with E-state index >= 15 is 0 Å². The van der Waals surface area contributed by atoms with E-state index in [-0.39, 0.29) is 12.5 Å². The van der Waals surface area contributed by atoms with Crippen molar-refractivity contribution in [3.8, 4) is 5.75 Å². The quantitative estimate of drug-likeness (QED) is 0.821. The third kappa shape index (κ3) is 4.35. The Kier molecular flexibility index (Phi) is 5.20. The van der Waals surface area contributed by atoms with Crippen LogP contribution in [0.1, 0.15) is 5.56 Å². The summed E-state index contributed by atoms with van der Waals surface area (Å²) in [6.07, 6.45) is 0. The summed E-state index contributed by atoms with van der Waals surface area (Å²) >= 11 is 6.73. The Morgan fingerprint density at radius 2 is 1.75 bits per heavy atom. The molecule has 0 aromatic heterocycles. The van der Waals surface area contributed by atoms with Gasteiger partial charge in [-0.1, -0.05) is 31.9 Å². The van der Waals surface area contributed by atoms with Gasteiger partial charge in [-0.05, 0) is 55.0 Å². The van der Waals surface area contributed by atoms with Crippen LogP contribution in [0.4, 0.5) is 5.69 Å². The molecule has 0 spiro atoms. The minimum absolute atomic E-state index is 0.0153. The van der Waals surface area contributed by atoms with Crippen molar-refractivity contribution in [2.45, 2.75) is 6.92 Å². The monoisotopic (exact) mass is 397 g/mol. The highest BCUT2D eigenvalue weighted by Crippen LogP contribution is 2.22. The number of carbonyl (C=O) groups excluding carboxylic acids is 1. The van der Waals surface area contributed by atoms with Crippen molar-refractivity contribution in [1.82, 2.24) is 0 Å². The molecule has 0 unspecified atom stereocenters.